The maximum Gasteiger partial charge on any atom is 0.501 e. The predicted molar refractivity (Wildman–Crippen MR) is 243 cm³/mol. The van der Waals surface area contributed by atoms with Crippen LogP contribution < -0.4 is 10.0 Å². The summed E-state index contributed by atoms with van der Waals surface area (Å²) in [6.45, 7) is 5.49. The van der Waals surface area contributed by atoms with Crippen LogP contribution in [0.15, 0.2) is 123 Å². The molecule has 0 aromatic heterocycles. The molecule has 3 aliphatic rings. The van der Waals surface area contributed by atoms with E-state index in [9.17, 15) is 34.8 Å². The SMILES string of the molecule is O=C(NS(=O)(=O)c1ccc(N[C@H](CCN2CCOCC2)CSc2ccccc2)c(S(=O)(=O)C(F)(F)F)c1)c1ccc(C2=CCN(CC3=C(c4ccc(Cl)cc4)CCCC3)CC2)cc1. The van der Waals surface area contributed by atoms with Gasteiger partial charge in [-0.25, -0.2) is 21.6 Å². The summed E-state index contributed by atoms with van der Waals surface area (Å²) in [6.07, 6.45) is 7.82. The van der Waals surface area contributed by atoms with E-state index in [1.807, 2.05) is 47.2 Å². The number of allylic oxidation sites excluding steroid dienone is 1. The van der Waals surface area contributed by atoms with Crippen molar-refractivity contribution in [3.05, 3.63) is 130 Å². The molecule has 4 aromatic rings. The summed E-state index contributed by atoms with van der Waals surface area (Å²) in [6, 6.07) is 25.8. The van der Waals surface area contributed by atoms with Crippen molar-refractivity contribution in [1.29, 1.82) is 0 Å². The molecule has 10 nitrogen and oxygen atoms in total. The maximum atomic E-state index is 14.2. The molecule has 336 valence electrons. The van der Waals surface area contributed by atoms with Crippen LogP contribution in [0, 0.1) is 0 Å². The van der Waals surface area contributed by atoms with E-state index in [2.05, 4.69) is 33.3 Å². The van der Waals surface area contributed by atoms with Crippen LogP contribution >= 0.6 is 23.4 Å². The van der Waals surface area contributed by atoms with E-state index in [0.717, 1.165) is 73.5 Å². The van der Waals surface area contributed by atoms with Gasteiger partial charge in [-0.05, 0) is 115 Å². The van der Waals surface area contributed by atoms with Crippen molar-refractivity contribution in [3.63, 3.8) is 0 Å². The average molecular weight is 944 g/mol. The van der Waals surface area contributed by atoms with E-state index in [1.54, 1.807) is 12.1 Å². The number of thioether (sulfide) groups is 1. The van der Waals surface area contributed by atoms with Gasteiger partial charge in [0.2, 0.25) is 0 Å². The van der Waals surface area contributed by atoms with E-state index in [4.69, 9.17) is 16.3 Å². The van der Waals surface area contributed by atoms with Gasteiger partial charge in [-0.15, -0.1) is 11.8 Å². The molecule has 2 N–H and O–H groups in total. The van der Waals surface area contributed by atoms with Crippen LogP contribution in [-0.4, -0.2) is 102 Å². The molecule has 17 heteroatoms. The summed E-state index contributed by atoms with van der Waals surface area (Å²) in [5, 5.41) is 3.71. The number of sulfone groups is 1. The number of benzene rings is 4. The van der Waals surface area contributed by atoms with Gasteiger partial charge < -0.3 is 10.1 Å². The van der Waals surface area contributed by atoms with Crippen LogP contribution in [-0.2, 0) is 24.6 Å². The first-order valence-corrected chi connectivity index (χ1v) is 25.2. The topological polar surface area (TPSA) is 125 Å². The Balaban J connectivity index is 1.03. The molecule has 1 saturated heterocycles. The van der Waals surface area contributed by atoms with Crippen molar-refractivity contribution in [3.8, 4) is 0 Å². The Morgan fingerprint density at radius 2 is 1.52 bits per heavy atom. The van der Waals surface area contributed by atoms with Gasteiger partial charge in [-0.1, -0.05) is 65.7 Å². The Labute approximate surface area is 376 Å². The molecule has 1 amide bonds. The number of hydrogen-bond acceptors (Lipinski definition) is 10. The first-order valence-electron chi connectivity index (χ1n) is 20.9. The van der Waals surface area contributed by atoms with Gasteiger partial charge in [0.25, 0.3) is 25.8 Å². The molecule has 1 fully saturated rings. The zero-order chi connectivity index (χ0) is 44.6. The molecule has 0 unspecified atom stereocenters. The summed E-state index contributed by atoms with van der Waals surface area (Å²) < 4.78 is 103. The van der Waals surface area contributed by atoms with E-state index in [0.29, 0.717) is 56.1 Å². The van der Waals surface area contributed by atoms with Crippen molar-refractivity contribution in [1.82, 2.24) is 14.5 Å². The standard InChI is InChI=1S/C46H50ClF3N4O6S3/c47-38-16-14-35(15-17-38)42-9-5-4-6-37(42)31-54-23-20-34(21-24-54)33-10-12-36(13-11-33)45(55)52-63(58,59)41-18-19-43(44(30-41)62(56,57)46(48,49)50)51-39(22-25-53-26-28-60-29-27-53)32-61-40-7-2-1-3-8-40/h1-3,7-8,10-20,30,39,51H,4-6,9,21-29,31-32H2,(H,52,55)/t39-/m1/s1. The van der Waals surface area contributed by atoms with E-state index < -0.39 is 52.8 Å². The number of carbonyl (C=O) groups excluding carboxylic acids is 1. The summed E-state index contributed by atoms with van der Waals surface area (Å²) in [5.41, 5.74) is -0.0927. The summed E-state index contributed by atoms with van der Waals surface area (Å²) >= 11 is 7.59. The van der Waals surface area contributed by atoms with Crippen molar-refractivity contribution < 1.29 is 39.5 Å². The average Bonchev–Trinajstić information content (AvgIpc) is 3.28. The van der Waals surface area contributed by atoms with E-state index in [-0.39, 0.29) is 5.56 Å². The highest BCUT2D eigenvalue weighted by atomic mass is 35.5. The fraction of sp³-hybridized carbons (Fsp3) is 0.370. The largest absolute Gasteiger partial charge is 0.501 e. The van der Waals surface area contributed by atoms with Crippen molar-refractivity contribution in [2.75, 3.05) is 63.6 Å². The lowest BCUT2D eigenvalue weighted by Gasteiger charge is -2.30. The molecule has 2 heterocycles. The molecule has 4 aromatic carbocycles. The molecule has 1 atom stereocenters. The number of ether oxygens (including phenoxy) is 1. The summed E-state index contributed by atoms with van der Waals surface area (Å²) in [4.78, 5) is 16.7. The Morgan fingerprint density at radius 3 is 2.21 bits per heavy atom. The monoisotopic (exact) mass is 942 g/mol. The summed E-state index contributed by atoms with van der Waals surface area (Å²) in [7, 11) is -10.9. The number of sulfonamides is 1. The zero-order valence-electron chi connectivity index (χ0n) is 34.6. The maximum absolute atomic E-state index is 14.2. The minimum Gasteiger partial charge on any atom is -0.380 e. The van der Waals surface area contributed by atoms with Crippen LogP contribution in [0.3, 0.4) is 0 Å². The number of hydrogen-bond donors (Lipinski definition) is 2. The van der Waals surface area contributed by atoms with Crippen LogP contribution in [0.1, 0.15) is 60.0 Å². The van der Waals surface area contributed by atoms with E-state index in [1.165, 1.54) is 47.0 Å². The Kier molecular flexibility index (Phi) is 15.4. The molecule has 0 bridgehead atoms. The van der Waals surface area contributed by atoms with Gasteiger partial charge in [-0.3, -0.25) is 14.6 Å². The van der Waals surface area contributed by atoms with Crippen molar-refractivity contribution in [2.24, 2.45) is 0 Å². The zero-order valence-corrected chi connectivity index (χ0v) is 37.8. The van der Waals surface area contributed by atoms with Crippen LogP contribution in [0.2, 0.25) is 5.02 Å². The van der Waals surface area contributed by atoms with Gasteiger partial charge in [0.15, 0.2) is 0 Å². The highest BCUT2D eigenvalue weighted by Crippen LogP contribution is 2.37. The number of halogens is 4. The highest BCUT2D eigenvalue weighted by molar-refractivity contribution is 7.99. The molecule has 0 radical (unpaired) electrons. The first kappa shape index (κ1) is 46.8. The number of morpholine rings is 1. The lowest BCUT2D eigenvalue weighted by Crippen LogP contribution is -2.39. The molecule has 0 saturated carbocycles. The lowest BCUT2D eigenvalue weighted by molar-refractivity contribution is -0.0435. The van der Waals surface area contributed by atoms with E-state index >= 15 is 0 Å². The number of nitrogens with zero attached hydrogens (tertiary/aromatic N) is 2. The molecule has 7 rings (SSSR count). The van der Waals surface area contributed by atoms with Crippen molar-refractivity contribution in [2.45, 2.75) is 64.8 Å². The smallest absolute Gasteiger partial charge is 0.380 e. The second-order valence-electron chi connectivity index (χ2n) is 15.8. The molecular formula is C46H50ClF3N4O6S3. The molecular weight excluding hydrogens is 893 g/mol. The van der Waals surface area contributed by atoms with Gasteiger partial charge in [0, 0.05) is 66.5 Å². The lowest BCUT2D eigenvalue weighted by atomic mass is 9.87. The highest BCUT2D eigenvalue weighted by Gasteiger charge is 2.48. The Bertz CT molecular complexity index is 2520. The second kappa shape index (κ2) is 20.8. The predicted octanol–water partition coefficient (Wildman–Crippen LogP) is 9.16. The number of rotatable bonds is 16. The Morgan fingerprint density at radius 1 is 0.825 bits per heavy atom. The number of amides is 1. The van der Waals surface area contributed by atoms with Gasteiger partial charge in [-0.2, -0.15) is 13.2 Å². The fourth-order valence-electron chi connectivity index (χ4n) is 8.03. The Hall–Kier alpha value is -4.16. The molecule has 1 aliphatic carbocycles. The molecule has 0 spiro atoms. The third-order valence-electron chi connectivity index (χ3n) is 11.5. The van der Waals surface area contributed by atoms with Gasteiger partial charge in [0.1, 0.15) is 4.90 Å². The number of nitrogens with one attached hydrogen (secondary N) is 2. The quantitative estimate of drug-likeness (QED) is 0.105. The number of anilines is 1. The second-order valence-corrected chi connectivity index (χ2v) is 21.0. The minimum atomic E-state index is -6.05. The number of carbonyl (C=O) groups is 1. The summed E-state index contributed by atoms with van der Waals surface area (Å²) in [5.74, 6) is -0.652. The fourth-order valence-corrected chi connectivity index (χ4v) is 11.2. The number of alkyl halides is 3. The van der Waals surface area contributed by atoms with Gasteiger partial charge in [0.05, 0.1) is 23.8 Å². The molecule has 63 heavy (non-hydrogen) atoms. The van der Waals surface area contributed by atoms with Crippen LogP contribution in [0.25, 0.3) is 11.1 Å². The third kappa shape index (κ3) is 12.1. The third-order valence-corrected chi connectivity index (χ3v) is 15.8. The normalized spacial score (nSPS) is 17.6. The molecule has 2 aliphatic heterocycles. The first-order chi connectivity index (χ1) is 30.2. The minimum absolute atomic E-state index is 0.000209. The van der Waals surface area contributed by atoms with Crippen LogP contribution in [0.4, 0.5) is 18.9 Å². The van der Waals surface area contributed by atoms with Crippen molar-refractivity contribution >= 4 is 66.0 Å². The van der Waals surface area contributed by atoms with Gasteiger partial charge >= 0.3 is 5.51 Å². The van der Waals surface area contributed by atoms with Crippen LogP contribution in [0.5, 0.6) is 0 Å².